The Morgan fingerprint density at radius 3 is 2.46 bits per heavy atom. The van der Waals surface area contributed by atoms with Gasteiger partial charge in [0.25, 0.3) is 5.91 Å². The van der Waals surface area contributed by atoms with E-state index in [1.165, 1.54) is 0 Å². The van der Waals surface area contributed by atoms with Crippen LogP contribution in [0.15, 0.2) is 36.4 Å². The van der Waals surface area contributed by atoms with Gasteiger partial charge in [-0.15, -0.1) is 0 Å². The van der Waals surface area contributed by atoms with E-state index in [0.717, 1.165) is 27.9 Å². The largest absolute Gasteiger partial charge is 0.448 e. The second kappa shape index (κ2) is 7.00. The third kappa shape index (κ3) is 3.44. The summed E-state index contributed by atoms with van der Waals surface area (Å²) in [6.07, 6.45) is -0.946. The van der Waals surface area contributed by atoms with E-state index in [0.29, 0.717) is 5.39 Å². The maximum Gasteiger partial charge on any atom is 0.360 e. The van der Waals surface area contributed by atoms with Crippen LogP contribution < -0.4 is 5.32 Å². The minimum absolute atomic E-state index is 0.169. The molecule has 26 heavy (non-hydrogen) atoms. The number of aromatic nitrogens is 2. The molecule has 3 aromatic rings. The molecule has 0 fully saturated rings. The Labute approximate surface area is 151 Å². The summed E-state index contributed by atoms with van der Waals surface area (Å²) >= 11 is 0. The fraction of sp³-hybridized carbons (Fsp3) is 0.250. The van der Waals surface area contributed by atoms with E-state index >= 15 is 0 Å². The van der Waals surface area contributed by atoms with Crippen LogP contribution in [0, 0.1) is 20.8 Å². The van der Waals surface area contributed by atoms with Gasteiger partial charge in [-0.3, -0.25) is 9.89 Å². The van der Waals surface area contributed by atoms with Crippen molar-refractivity contribution in [1.29, 1.82) is 0 Å². The van der Waals surface area contributed by atoms with Gasteiger partial charge >= 0.3 is 5.97 Å². The summed E-state index contributed by atoms with van der Waals surface area (Å²) in [4.78, 5) is 24.8. The van der Waals surface area contributed by atoms with E-state index < -0.39 is 12.1 Å². The van der Waals surface area contributed by atoms with Crippen molar-refractivity contribution in [2.75, 3.05) is 5.32 Å². The smallest absolute Gasteiger partial charge is 0.360 e. The van der Waals surface area contributed by atoms with Crippen molar-refractivity contribution in [2.24, 2.45) is 0 Å². The molecule has 6 heteroatoms. The standard InChI is InChI=1S/C20H21N3O3/c1-11-9-12(2)17(13(3)10-11)21-19(24)14(4)26-20(25)18-15-7-5-6-8-16(15)22-23-18/h5-10,14H,1-4H3,(H,21,24)(H,22,23)/t14-/m1/s1. The summed E-state index contributed by atoms with van der Waals surface area (Å²) in [7, 11) is 0. The molecule has 134 valence electrons. The molecule has 0 aliphatic heterocycles. The Bertz CT molecular complexity index is 968. The highest BCUT2D eigenvalue weighted by Crippen LogP contribution is 2.22. The number of hydrogen-bond donors (Lipinski definition) is 2. The summed E-state index contributed by atoms with van der Waals surface area (Å²) in [6.45, 7) is 7.41. The number of para-hydroxylation sites is 1. The van der Waals surface area contributed by atoms with Crippen LogP contribution in [0.25, 0.3) is 10.9 Å². The second-order valence-electron chi connectivity index (χ2n) is 6.43. The quantitative estimate of drug-likeness (QED) is 0.703. The molecule has 0 saturated carbocycles. The van der Waals surface area contributed by atoms with Crippen molar-refractivity contribution in [1.82, 2.24) is 10.2 Å². The van der Waals surface area contributed by atoms with Crippen LogP contribution in [-0.2, 0) is 9.53 Å². The van der Waals surface area contributed by atoms with Crippen molar-refractivity contribution in [2.45, 2.75) is 33.8 Å². The molecule has 0 radical (unpaired) electrons. The number of amides is 1. The molecule has 2 N–H and O–H groups in total. The molecule has 0 spiro atoms. The topological polar surface area (TPSA) is 84.1 Å². The molecule has 0 bridgehead atoms. The van der Waals surface area contributed by atoms with Crippen LogP contribution in [0.5, 0.6) is 0 Å². The van der Waals surface area contributed by atoms with E-state index in [1.807, 2.05) is 51.1 Å². The Morgan fingerprint density at radius 2 is 1.77 bits per heavy atom. The lowest BCUT2D eigenvalue weighted by atomic mass is 10.0. The van der Waals surface area contributed by atoms with Gasteiger partial charge in [-0.05, 0) is 44.9 Å². The first kappa shape index (κ1) is 17.7. The second-order valence-corrected chi connectivity index (χ2v) is 6.43. The van der Waals surface area contributed by atoms with Crippen molar-refractivity contribution < 1.29 is 14.3 Å². The molecule has 2 aromatic carbocycles. The number of nitrogens with zero attached hydrogens (tertiary/aromatic N) is 1. The molecular formula is C20H21N3O3. The number of ether oxygens (including phenoxy) is 1. The molecule has 1 heterocycles. The highest BCUT2D eigenvalue weighted by Gasteiger charge is 2.23. The van der Waals surface area contributed by atoms with Gasteiger partial charge < -0.3 is 10.1 Å². The predicted molar refractivity (Wildman–Crippen MR) is 100 cm³/mol. The number of hydrogen-bond acceptors (Lipinski definition) is 4. The highest BCUT2D eigenvalue weighted by atomic mass is 16.5. The normalized spacial score (nSPS) is 12.0. The molecule has 3 rings (SSSR count). The van der Waals surface area contributed by atoms with Crippen LogP contribution in [0.4, 0.5) is 5.69 Å². The lowest BCUT2D eigenvalue weighted by Gasteiger charge is -2.16. The van der Waals surface area contributed by atoms with E-state index in [2.05, 4.69) is 15.5 Å². The number of H-pyrrole nitrogens is 1. The molecule has 0 aliphatic carbocycles. The summed E-state index contributed by atoms with van der Waals surface area (Å²) in [5.41, 5.74) is 4.71. The molecule has 0 saturated heterocycles. The van der Waals surface area contributed by atoms with Crippen molar-refractivity contribution in [3.05, 3.63) is 58.8 Å². The average Bonchev–Trinajstić information content (AvgIpc) is 3.02. The third-order valence-corrected chi connectivity index (χ3v) is 4.24. The number of nitrogens with one attached hydrogen (secondary N) is 2. The number of anilines is 1. The molecule has 1 aromatic heterocycles. The molecule has 1 amide bonds. The minimum Gasteiger partial charge on any atom is -0.448 e. The highest BCUT2D eigenvalue weighted by molar-refractivity contribution is 6.03. The van der Waals surface area contributed by atoms with Gasteiger partial charge in [-0.1, -0.05) is 35.9 Å². The summed E-state index contributed by atoms with van der Waals surface area (Å²) < 4.78 is 5.31. The van der Waals surface area contributed by atoms with Crippen LogP contribution in [0.2, 0.25) is 0 Å². The Morgan fingerprint density at radius 1 is 1.12 bits per heavy atom. The number of fused-ring (bicyclic) bond motifs is 1. The van der Waals surface area contributed by atoms with E-state index in [1.54, 1.807) is 13.0 Å². The number of rotatable bonds is 4. The van der Waals surface area contributed by atoms with Gasteiger partial charge in [-0.2, -0.15) is 5.10 Å². The maximum atomic E-state index is 12.5. The van der Waals surface area contributed by atoms with Crippen LogP contribution >= 0.6 is 0 Å². The molecule has 1 atom stereocenters. The number of aromatic amines is 1. The fourth-order valence-electron chi connectivity index (χ4n) is 2.99. The molecule has 6 nitrogen and oxygen atoms in total. The fourth-order valence-corrected chi connectivity index (χ4v) is 2.99. The summed E-state index contributed by atoms with van der Waals surface area (Å²) in [5.74, 6) is -1.02. The molecule has 0 unspecified atom stereocenters. The van der Waals surface area contributed by atoms with Crippen molar-refractivity contribution >= 4 is 28.5 Å². The first-order valence-corrected chi connectivity index (χ1v) is 8.39. The van der Waals surface area contributed by atoms with Crippen LogP contribution in [0.1, 0.15) is 34.1 Å². The number of carbonyl (C=O) groups excluding carboxylic acids is 2. The van der Waals surface area contributed by atoms with Gasteiger partial charge in [0, 0.05) is 11.1 Å². The number of benzene rings is 2. The zero-order valence-corrected chi connectivity index (χ0v) is 15.2. The number of aryl methyl sites for hydroxylation is 3. The van der Waals surface area contributed by atoms with Gasteiger partial charge in [-0.25, -0.2) is 4.79 Å². The van der Waals surface area contributed by atoms with Gasteiger partial charge in [0.05, 0.1) is 5.52 Å². The van der Waals surface area contributed by atoms with E-state index in [-0.39, 0.29) is 11.6 Å². The van der Waals surface area contributed by atoms with E-state index in [9.17, 15) is 9.59 Å². The van der Waals surface area contributed by atoms with E-state index in [4.69, 9.17) is 4.74 Å². The van der Waals surface area contributed by atoms with Gasteiger partial charge in [0.15, 0.2) is 11.8 Å². The first-order chi connectivity index (χ1) is 12.4. The third-order valence-electron chi connectivity index (χ3n) is 4.24. The van der Waals surface area contributed by atoms with Crippen LogP contribution in [0.3, 0.4) is 0 Å². The minimum atomic E-state index is -0.946. The summed E-state index contributed by atoms with van der Waals surface area (Å²) in [6, 6.07) is 11.2. The predicted octanol–water partition coefficient (Wildman–Crippen LogP) is 3.67. The Hall–Kier alpha value is -3.15. The van der Waals surface area contributed by atoms with Crippen LogP contribution in [-0.4, -0.2) is 28.2 Å². The summed E-state index contributed by atoms with van der Waals surface area (Å²) in [5, 5.41) is 10.3. The first-order valence-electron chi connectivity index (χ1n) is 8.39. The van der Waals surface area contributed by atoms with Gasteiger partial charge in [0.2, 0.25) is 0 Å². The SMILES string of the molecule is Cc1cc(C)c(NC(=O)[C@@H](C)OC(=O)c2n[nH]c3ccccc23)c(C)c1. The monoisotopic (exact) mass is 351 g/mol. The number of esters is 1. The lowest BCUT2D eigenvalue weighted by molar-refractivity contribution is -0.123. The average molecular weight is 351 g/mol. The Kier molecular flexibility index (Phi) is 4.75. The van der Waals surface area contributed by atoms with Gasteiger partial charge in [0.1, 0.15) is 0 Å². The zero-order chi connectivity index (χ0) is 18.8. The lowest BCUT2D eigenvalue weighted by Crippen LogP contribution is -2.30. The molecular weight excluding hydrogens is 330 g/mol. The number of carbonyl (C=O) groups is 2. The van der Waals surface area contributed by atoms with Crippen molar-refractivity contribution in [3.8, 4) is 0 Å². The zero-order valence-electron chi connectivity index (χ0n) is 15.2. The molecule has 0 aliphatic rings. The maximum absolute atomic E-state index is 12.5. The van der Waals surface area contributed by atoms with Crippen molar-refractivity contribution in [3.63, 3.8) is 0 Å². The Balaban J connectivity index is 1.72.